The van der Waals surface area contributed by atoms with Gasteiger partial charge in [0.15, 0.2) is 18.3 Å². The summed E-state index contributed by atoms with van der Waals surface area (Å²) in [5.41, 5.74) is -1.51. The van der Waals surface area contributed by atoms with Crippen molar-refractivity contribution in [2.45, 2.75) is 133 Å². The minimum Gasteiger partial charge on any atom is -0.488 e. The first-order chi connectivity index (χ1) is 25.3. The van der Waals surface area contributed by atoms with Crippen molar-refractivity contribution in [3.63, 3.8) is 0 Å². The van der Waals surface area contributed by atoms with Gasteiger partial charge in [-0.25, -0.2) is 0 Å². The number of halogens is 1. The third kappa shape index (κ3) is 11.9. The standard InChI is InChI=1S/C43H59ClO11/c1-40(2,3)36(45)50-24-31-33(53-37(46)41(4,5)6)35(55-39(48)43(10,11)12)34(54-38(47)42(7,8)9)32(52-31)26-15-18-30(44)27(22-26)21-25-13-16-28(17-14-25)51-29-19-20-49-23-29/h13-18,22,29,31-35H,19-21,23-24H2,1-12H3/t29-,31+,32+,33+,34-,35-/m0/s1. The largest absolute Gasteiger partial charge is 0.488 e. The van der Waals surface area contributed by atoms with Gasteiger partial charge in [0.05, 0.1) is 34.9 Å². The van der Waals surface area contributed by atoms with E-state index in [-0.39, 0.29) is 12.7 Å². The topological polar surface area (TPSA) is 133 Å². The maximum Gasteiger partial charge on any atom is 0.311 e. The van der Waals surface area contributed by atoms with E-state index in [4.69, 9.17) is 44.8 Å². The van der Waals surface area contributed by atoms with Gasteiger partial charge in [-0.15, -0.1) is 0 Å². The van der Waals surface area contributed by atoms with Gasteiger partial charge in [-0.3, -0.25) is 19.2 Å². The average Bonchev–Trinajstić information content (AvgIpc) is 3.58. The molecule has 6 atom stereocenters. The molecule has 2 fully saturated rings. The van der Waals surface area contributed by atoms with E-state index >= 15 is 0 Å². The Morgan fingerprint density at radius 3 is 1.73 bits per heavy atom. The van der Waals surface area contributed by atoms with Crippen LogP contribution in [0.2, 0.25) is 5.02 Å². The van der Waals surface area contributed by atoms with Gasteiger partial charge in [0.25, 0.3) is 0 Å². The molecule has 0 bridgehead atoms. The van der Waals surface area contributed by atoms with Crippen LogP contribution in [0.25, 0.3) is 0 Å². The number of ether oxygens (including phenoxy) is 7. The molecule has 0 aliphatic carbocycles. The first kappa shape index (κ1) is 44.0. The van der Waals surface area contributed by atoms with Crippen LogP contribution < -0.4 is 4.74 Å². The highest BCUT2D eigenvalue weighted by atomic mass is 35.5. The lowest BCUT2D eigenvalue weighted by molar-refractivity contribution is -0.262. The molecule has 2 aliphatic heterocycles. The predicted molar refractivity (Wildman–Crippen MR) is 207 cm³/mol. The van der Waals surface area contributed by atoms with Crippen LogP contribution in [0.15, 0.2) is 42.5 Å². The summed E-state index contributed by atoms with van der Waals surface area (Å²) >= 11 is 6.79. The number of carbonyl (C=O) groups is 4. The van der Waals surface area contributed by atoms with Crippen LogP contribution in [0.3, 0.4) is 0 Å². The molecule has 12 heteroatoms. The zero-order valence-corrected chi connectivity index (χ0v) is 35.2. The van der Waals surface area contributed by atoms with Gasteiger partial charge in [-0.2, -0.15) is 0 Å². The van der Waals surface area contributed by atoms with Crippen LogP contribution in [-0.4, -0.2) is 74.2 Å². The molecule has 0 radical (unpaired) electrons. The van der Waals surface area contributed by atoms with E-state index < -0.39 is 76.1 Å². The number of hydrogen-bond acceptors (Lipinski definition) is 11. The lowest BCUT2D eigenvalue weighted by Gasteiger charge is -2.46. The fraction of sp³-hybridized carbons (Fsp3) is 0.628. The Hall–Kier alpha value is -3.67. The van der Waals surface area contributed by atoms with E-state index in [1.165, 1.54) is 0 Å². The third-order valence-electron chi connectivity index (χ3n) is 9.10. The molecule has 2 aromatic rings. The van der Waals surface area contributed by atoms with Gasteiger partial charge in [-0.1, -0.05) is 35.9 Å². The van der Waals surface area contributed by atoms with Gasteiger partial charge in [0.1, 0.15) is 30.7 Å². The van der Waals surface area contributed by atoms with Crippen molar-refractivity contribution in [1.82, 2.24) is 0 Å². The summed E-state index contributed by atoms with van der Waals surface area (Å²) in [4.78, 5) is 54.0. The molecule has 2 aliphatic rings. The third-order valence-corrected chi connectivity index (χ3v) is 9.47. The highest BCUT2D eigenvalue weighted by Crippen LogP contribution is 2.41. The van der Waals surface area contributed by atoms with Crippen LogP contribution in [0.4, 0.5) is 0 Å². The number of benzene rings is 2. The highest BCUT2D eigenvalue weighted by Gasteiger charge is 2.55. The maximum absolute atomic E-state index is 13.7. The van der Waals surface area contributed by atoms with E-state index in [9.17, 15) is 19.2 Å². The normalized spacial score (nSPS) is 23.4. The second-order valence-electron chi connectivity index (χ2n) is 18.6. The van der Waals surface area contributed by atoms with Gasteiger partial charge in [-0.05, 0) is 124 Å². The molecule has 11 nitrogen and oxygen atoms in total. The number of carbonyl (C=O) groups excluding carboxylic acids is 4. The van der Waals surface area contributed by atoms with Crippen LogP contribution in [-0.2, 0) is 54.0 Å². The molecule has 2 saturated heterocycles. The van der Waals surface area contributed by atoms with Crippen molar-refractivity contribution in [3.05, 3.63) is 64.2 Å². The monoisotopic (exact) mass is 786 g/mol. The van der Waals surface area contributed by atoms with Crippen molar-refractivity contribution >= 4 is 35.5 Å². The zero-order valence-electron chi connectivity index (χ0n) is 34.4. The summed E-state index contributed by atoms with van der Waals surface area (Å²) < 4.78 is 42.5. The summed E-state index contributed by atoms with van der Waals surface area (Å²) in [6.45, 7) is 21.3. The Labute approximate surface area is 331 Å². The molecule has 0 spiro atoms. The Bertz CT molecular complexity index is 1670. The van der Waals surface area contributed by atoms with Crippen LogP contribution in [0.1, 0.15) is 112 Å². The predicted octanol–water partition coefficient (Wildman–Crippen LogP) is 8.00. The Morgan fingerprint density at radius 1 is 0.691 bits per heavy atom. The molecule has 2 aromatic carbocycles. The SMILES string of the molecule is CC(C)(C)C(=O)OC[C@H]1O[C@H](c2ccc(Cl)c(Cc3ccc(O[C@H]4CCOC4)cc3)c2)[C@H](OC(=O)C(C)(C)C)[C@@H](OC(=O)C(C)(C)C)[C@@H]1OC(=O)C(C)(C)C. The molecule has 2 heterocycles. The molecule has 55 heavy (non-hydrogen) atoms. The summed E-state index contributed by atoms with van der Waals surface area (Å²) in [6.07, 6.45) is -4.89. The summed E-state index contributed by atoms with van der Waals surface area (Å²) in [5.74, 6) is -1.61. The van der Waals surface area contributed by atoms with E-state index in [1.54, 1.807) is 95.2 Å². The molecule has 0 aromatic heterocycles. The van der Waals surface area contributed by atoms with Crippen molar-refractivity contribution in [3.8, 4) is 5.75 Å². The second-order valence-corrected chi connectivity index (χ2v) is 19.0. The van der Waals surface area contributed by atoms with Crippen molar-refractivity contribution < 1.29 is 52.3 Å². The fourth-order valence-electron chi connectivity index (χ4n) is 5.61. The van der Waals surface area contributed by atoms with E-state index in [0.29, 0.717) is 30.2 Å². The first-order valence-electron chi connectivity index (χ1n) is 18.9. The second kappa shape index (κ2) is 17.2. The van der Waals surface area contributed by atoms with E-state index in [1.807, 2.05) is 30.3 Å². The lowest BCUT2D eigenvalue weighted by Crippen LogP contribution is -2.61. The quantitative estimate of drug-likeness (QED) is 0.171. The molecule has 0 N–H and O–H groups in total. The smallest absolute Gasteiger partial charge is 0.311 e. The summed E-state index contributed by atoms with van der Waals surface area (Å²) in [5, 5.41) is 0.495. The van der Waals surface area contributed by atoms with Crippen molar-refractivity contribution in [2.75, 3.05) is 19.8 Å². The van der Waals surface area contributed by atoms with Crippen molar-refractivity contribution in [2.24, 2.45) is 21.7 Å². The zero-order chi connectivity index (χ0) is 41.1. The van der Waals surface area contributed by atoms with Gasteiger partial charge in [0, 0.05) is 11.4 Å². The maximum atomic E-state index is 13.7. The molecular weight excluding hydrogens is 728 g/mol. The molecule has 0 unspecified atom stereocenters. The van der Waals surface area contributed by atoms with E-state index in [0.717, 1.165) is 23.3 Å². The number of rotatable bonds is 10. The molecule has 304 valence electrons. The van der Waals surface area contributed by atoms with E-state index in [2.05, 4.69) is 0 Å². The average molecular weight is 787 g/mol. The molecule has 0 saturated carbocycles. The number of hydrogen-bond donors (Lipinski definition) is 0. The summed E-state index contributed by atoms with van der Waals surface area (Å²) in [7, 11) is 0. The first-order valence-corrected chi connectivity index (χ1v) is 19.3. The lowest BCUT2D eigenvalue weighted by atomic mass is 9.87. The minimum absolute atomic E-state index is 0.0247. The molecular formula is C43H59ClO11. The van der Waals surface area contributed by atoms with Crippen molar-refractivity contribution in [1.29, 1.82) is 0 Å². The Morgan fingerprint density at radius 2 is 1.22 bits per heavy atom. The van der Waals surface area contributed by atoms with Crippen LogP contribution in [0.5, 0.6) is 5.75 Å². The summed E-state index contributed by atoms with van der Waals surface area (Å²) in [6, 6.07) is 13.1. The minimum atomic E-state index is -1.36. The van der Waals surface area contributed by atoms with Gasteiger partial charge in [0.2, 0.25) is 0 Å². The Balaban J connectivity index is 1.81. The van der Waals surface area contributed by atoms with Gasteiger partial charge < -0.3 is 33.2 Å². The molecule has 4 rings (SSSR count). The van der Waals surface area contributed by atoms with Crippen LogP contribution >= 0.6 is 11.6 Å². The fourth-order valence-corrected chi connectivity index (χ4v) is 5.79. The number of esters is 4. The van der Waals surface area contributed by atoms with Gasteiger partial charge >= 0.3 is 23.9 Å². The highest BCUT2D eigenvalue weighted by molar-refractivity contribution is 6.31. The van der Waals surface area contributed by atoms with Crippen LogP contribution in [0, 0.1) is 21.7 Å². The molecule has 0 amide bonds. The Kier molecular flexibility index (Phi) is 13.8.